The molecule has 0 atom stereocenters. The fourth-order valence-electron chi connectivity index (χ4n) is 1.37. The summed E-state index contributed by atoms with van der Waals surface area (Å²) < 4.78 is 1.06. The van der Waals surface area contributed by atoms with Crippen molar-refractivity contribution in [3.8, 4) is 5.69 Å². The molecule has 88 valence electrons. The standard InChI is InChI=1S/C10H6Cl2N2O3/c11-5-1-6(12)3-7(2-5)14-9(15)4-8(13-14)10(16)17/h1-4,13H,(H,16,17). The predicted molar refractivity (Wildman–Crippen MR) is 63.4 cm³/mol. The highest BCUT2D eigenvalue weighted by Gasteiger charge is 2.11. The van der Waals surface area contributed by atoms with E-state index < -0.39 is 11.5 Å². The lowest BCUT2D eigenvalue weighted by molar-refractivity contribution is 0.0690. The molecule has 0 saturated heterocycles. The monoisotopic (exact) mass is 272 g/mol. The largest absolute Gasteiger partial charge is 0.477 e. The number of nitrogens with zero attached hydrogens (tertiary/aromatic N) is 1. The molecule has 0 bridgehead atoms. The zero-order valence-electron chi connectivity index (χ0n) is 8.28. The highest BCUT2D eigenvalue weighted by atomic mass is 35.5. The van der Waals surface area contributed by atoms with E-state index in [4.69, 9.17) is 28.3 Å². The summed E-state index contributed by atoms with van der Waals surface area (Å²) in [6.45, 7) is 0. The number of rotatable bonds is 2. The normalized spacial score (nSPS) is 10.5. The molecule has 1 aromatic carbocycles. The number of hydrogen-bond donors (Lipinski definition) is 2. The van der Waals surface area contributed by atoms with Crippen molar-refractivity contribution in [2.75, 3.05) is 0 Å². The topological polar surface area (TPSA) is 75.1 Å². The summed E-state index contributed by atoms with van der Waals surface area (Å²) in [5, 5.41) is 11.9. The van der Waals surface area contributed by atoms with E-state index in [9.17, 15) is 9.59 Å². The highest BCUT2D eigenvalue weighted by Crippen LogP contribution is 2.20. The van der Waals surface area contributed by atoms with Gasteiger partial charge in [-0.25, -0.2) is 9.48 Å². The van der Waals surface area contributed by atoms with E-state index in [-0.39, 0.29) is 5.69 Å². The van der Waals surface area contributed by atoms with Crippen LogP contribution in [0.1, 0.15) is 10.5 Å². The molecule has 0 radical (unpaired) electrons. The first-order chi connectivity index (χ1) is 7.97. The maximum absolute atomic E-state index is 11.5. The average molecular weight is 273 g/mol. The highest BCUT2D eigenvalue weighted by molar-refractivity contribution is 6.34. The van der Waals surface area contributed by atoms with Gasteiger partial charge in [-0.3, -0.25) is 9.89 Å². The van der Waals surface area contributed by atoms with E-state index in [1.165, 1.54) is 18.2 Å². The van der Waals surface area contributed by atoms with Crippen LogP contribution in [0.2, 0.25) is 10.0 Å². The van der Waals surface area contributed by atoms with Gasteiger partial charge in [0.25, 0.3) is 5.56 Å². The molecule has 17 heavy (non-hydrogen) atoms. The summed E-state index contributed by atoms with van der Waals surface area (Å²) >= 11 is 11.6. The molecule has 0 saturated carbocycles. The molecular weight excluding hydrogens is 267 g/mol. The third-order valence-corrected chi connectivity index (χ3v) is 2.49. The van der Waals surface area contributed by atoms with Gasteiger partial charge in [0.2, 0.25) is 0 Å². The molecule has 2 rings (SSSR count). The number of carbonyl (C=O) groups is 1. The lowest BCUT2D eigenvalue weighted by Crippen LogP contribution is -2.13. The summed E-state index contributed by atoms with van der Waals surface area (Å²) in [7, 11) is 0. The quantitative estimate of drug-likeness (QED) is 0.880. The average Bonchev–Trinajstić information content (AvgIpc) is 2.59. The Morgan fingerprint density at radius 1 is 1.18 bits per heavy atom. The van der Waals surface area contributed by atoms with Crippen LogP contribution in [0.3, 0.4) is 0 Å². The molecule has 1 aromatic heterocycles. The van der Waals surface area contributed by atoms with Gasteiger partial charge in [-0.15, -0.1) is 0 Å². The molecule has 0 amide bonds. The van der Waals surface area contributed by atoms with Crippen molar-refractivity contribution in [3.63, 3.8) is 0 Å². The Bertz CT molecular complexity index is 625. The van der Waals surface area contributed by atoms with Gasteiger partial charge in [-0.1, -0.05) is 23.2 Å². The minimum Gasteiger partial charge on any atom is -0.477 e. The molecule has 5 nitrogen and oxygen atoms in total. The number of benzene rings is 1. The fourth-order valence-corrected chi connectivity index (χ4v) is 1.88. The van der Waals surface area contributed by atoms with E-state index in [2.05, 4.69) is 5.10 Å². The van der Waals surface area contributed by atoms with Gasteiger partial charge < -0.3 is 5.11 Å². The van der Waals surface area contributed by atoms with Crippen LogP contribution in [-0.4, -0.2) is 20.9 Å². The number of carboxylic acid groups (broad SMARTS) is 1. The Labute approximate surface area is 105 Å². The third kappa shape index (κ3) is 2.35. The second kappa shape index (κ2) is 4.27. The summed E-state index contributed by atoms with van der Waals surface area (Å²) in [5.74, 6) is -1.21. The maximum atomic E-state index is 11.5. The number of aromatic nitrogens is 2. The summed E-state index contributed by atoms with van der Waals surface area (Å²) in [6.07, 6.45) is 0. The molecule has 0 aliphatic carbocycles. The molecule has 0 aliphatic rings. The van der Waals surface area contributed by atoms with Crippen molar-refractivity contribution in [2.24, 2.45) is 0 Å². The number of halogens is 2. The van der Waals surface area contributed by atoms with E-state index in [0.717, 1.165) is 10.7 Å². The molecule has 0 unspecified atom stereocenters. The van der Waals surface area contributed by atoms with Gasteiger partial charge in [0.05, 0.1) is 5.69 Å². The predicted octanol–water partition coefficient (Wildman–Crippen LogP) is 2.17. The van der Waals surface area contributed by atoms with Gasteiger partial charge in [0, 0.05) is 16.1 Å². The maximum Gasteiger partial charge on any atom is 0.353 e. The Morgan fingerprint density at radius 2 is 1.76 bits per heavy atom. The van der Waals surface area contributed by atoms with Crippen LogP contribution in [0, 0.1) is 0 Å². The Morgan fingerprint density at radius 3 is 2.24 bits per heavy atom. The van der Waals surface area contributed by atoms with E-state index in [0.29, 0.717) is 15.7 Å². The van der Waals surface area contributed by atoms with E-state index in [1.807, 2.05) is 0 Å². The minimum atomic E-state index is -1.21. The van der Waals surface area contributed by atoms with Gasteiger partial charge in [-0.05, 0) is 18.2 Å². The molecule has 7 heteroatoms. The Hall–Kier alpha value is -1.72. The smallest absolute Gasteiger partial charge is 0.353 e. The van der Waals surface area contributed by atoms with Crippen molar-refractivity contribution in [1.29, 1.82) is 0 Å². The van der Waals surface area contributed by atoms with Crippen LogP contribution < -0.4 is 5.56 Å². The Kier molecular flexibility index (Phi) is 2.95. The zero-order chi connectivity index (χ0) is 12.6. The Balaban J connectivity index is 2.60. The van der Waals surface area contributed by atoms with E-state index in [1.54, 1.807) is 0 Å². The van der Waals surface area contributed by atoms with Crippen LogP contribution in [0.15, 0.2) is 29.1 Å². The summed E-state index contributed by atoms with van der Waals surface area (Å²) in [4.78, 5) is 22.2. The molecule has 0 aliphatic heterocycles. The van der Waals surface area contributed by atoms with Crippen molar-refractivity contribution in [2.45, 2.75) is 0 Å². The number of nitrogens with one attached hydrogen (secondary N) is 1. The van der Waals surface area contributed by atoms with E-state index >= 15 is 0 Å². The SMILES string of the molecule is O=C(O)c1cc(=O)n(-c2cc(Cl)cc(Cl)c2)[nH]1. The lowest BCUT2D eigenvalue weighted by atomic mass is 10.3. The minimum absolute atomic E-state index is 0.203. The second-order valence-corrected chi connectivity index (χ2v) is 4.15. The molecule has 1 heterocycles. The number of aromatic amines is 1. The zero-order valence-corrected chi connectivity index (χ0v) is 9.79. The van der Waals surface area contributed by atoms with Crippen LogP contribution in [0.4, 0.5) is 0 Å². The van der Waals surface area contributed by atoms with Crippen molar-refractivity contribution < 1.29 is 9.90 Å². The third-order valence-electron chi connectivity index (χ3n) is 2.06. The number of hydrogen-bond acceptors (Lipinski definition) is 2. The first kappa shape index (κ1) is 11.8. The number of aromatic carboxylic acids is 1. The van der Waals surface area contributed by atoms with Crippen molar-refractivity contribution in [3.05, 3.63) is 50.4 Å². The van der Waals surface area contributed by atoms with Gasteiger partial charge in [0.15, 0.2) is 0 Å². The van der Waals surface area contributed by atoms with Crippen LogP contribution in [-0.2, 0) is 0 Å². The molecule has 0 spiro atoms. The van der Waals surface area contributed by atoms with Gasteiger partial charge in [-0.2, -0.15) is 0 Å². The molecule has 2 aromatic rings. The summed E-state index contributed by atoms with van der Waals surface area (Å²) in [5.41, 5.74) is -0.327. The molecule has 0 fully saturated rings. The van der Waals surface area contributed by atoms with Crippen LogP contribution in [0.5, 0.6) is 0 Å². The summed E-state index contributed by atoms with van der Waals surface area (Å²) in [6, 6.07) is 5.49. The lowest BCUT2D eigenvalue weighted by Gasteiger charge is -2.03. The van der Waals surface area contributed by atoms with Crippen LogP contribution in [0.25, 0.3) is 5.69 Å². The van der Waals surface area contributed by atoms with Crippen molar-refractivity contribution in [1.82, 2.24) is 9.78 Å². The second-order valence-electron chi connectivity index (χ2n) is 3.28. The fraction of sp³-hybridized carbons (Fsp3) is 0. The number of carboxylic acids is 1. The first-order valence-corrected chi connectivity index (χ1v) is 5.25. The van der Waals surface area contributed by atoms with Gasteiger partial charge >= 0.3 is 5.97 Å². The van der Waals surface area contributed by atoms with Crippen molar-refractivity contribution >= 4 is 29.2 Å². The molecular formula is C10H6Cl2N2O3. The van der Waals surface area contributed by atoms with Gasteiger partial charge in [0.1, 0.15) is 5.69 Å². The first-order valence-electron chi connectivity index (χ1n) is 4.49. The molecule has 2 N–H and O–H groups in total. The van der Waals surface area contributed by atoms with Crippen LogP contribution >= 0.6 is 23.2 Å². The number of H-pyrrole nitrogens is 1.